The van der Waals surface area contributed by atoms with Gasteiger partial charge in [0, 0.05) is 18.8 Å². The van der Waals surface area contributed by atoms with Crippen molar-refractivity contribution in [1.82, 2.24) is 4.90 Å². The van der Waals surface area contributed by atoms with Gasteiger partial charge in [0.1, 0.15) is 17.3 Å². The molecule has 3 rings (SSSR count). The maximum atomic E-state index is 12.8. The molecule has 1 aliphatic heterocycles. The highest BCUT2D eigenvalue weighted by atomic mass is 32.2. The Labute approximate surface area is 138 Å². The third-order valence-corrected chi connectivity index (χ3v) is 5.02. The average Bonchev–Trinajstić information content (AvgIpc) is 2.98. The van der Waals surface area contributed by atoms with Crippen molar-refractivity contribution < 1.29 is 18.3 Å². The van der Waals surface area contributed by atoms with E-state index >= 15 is 0 Å². The third kappa shape index (κ3) is 4.28. The fourth-order valence-electron chi connectivity index (χ4n) is 2.49. The van der Waals surface area contributed by atoms with Crippen molar-refractivity contribution in [1.29, 1.82) is 0 Å². The summed E-state index contributed by atoms with van der Waals surface area (Å²) in [6.45, 7) is 1.36. The van der Waals surface area contributed by atoms with Gasteiger partial charge in [0.2, 0.25) is 0 Å². The van der Waals surface area contributed by atoms with Crippen LogP contribution in [0.15, 0.2) is 47.1 Å². The van der Waals surface area contributed by atoms with Crippen molar-refractivity contribution >= 4 is 17.7 Å². The third-order valence-electron chi connectivity index (χ3n) is 3.73. The molecule has 0 spiro atoms. The zero-order valence-electron chi connectivity index (χ0n) is 12.6. The number of benzene rings is 1. The van der Waals surface area contributed by atoms with Crippen LogP contribution in [0.25, 0.3) is 0 Å². The van der Waals surface area contributed by atoms with Crippen LogP contribution in [0.1, 0.15) is 17.4 Å². The number of carbonyl (C=O) groups excluding carboxylic acids is 1. The van der Waals surface area contributed by atoms with Crippen LogP contribution in [-0.4, -0.2) is 36.3 Å². The number of hydrogen-bond acceptors (Lipinski definition) is 4. The first-order valence-electron chi connectivity index (χ1n) is 7.53. The Bertz CT molecular complexity index is 630. The summed E-state index contributed by atoms with van der Waals surface area (Å²) in [7, 11) is 0. The normalized spacial score (nSPS) is 18.5. The topological polar surface area (TPSA) is 42.7 Å². The standard InChI is InChI=1S/C17H18FNO3S/c18-13-3-5-14(6-4-13)22-12-17(20)19-8-7-16(23-11-9-19)15-2-1-10-21-15/h1-6,10,16H,7-9,11-12H2. The Morgan fingerprint density at radius 1 is 1.30 bits per heavy atom. The van der Waals surface area contributed by atoms with Gasteiger partial charge in [-0.1, -0.05) is 0 Å². The molecule has 0 saturated carbocycles. The van der Waals surface area contributed by atoms with Gasteiger partial charge in [-0.05, 0) is 42.8 Å². The van der Waals surface area contributed by atoms with Gasteiger partial charge < -0.3 is 14.1 Å². The molecule has 1 atom stereocenters. The predicted octanol–water partition coefficient (Wildman–Crippen LogP) is 3.50. The highest BCUT2D eigenvalue weighted by Gasteiger charge is 2.23. The minimum Gasteiger partial charge on any atom is -0.484 e. The fourth-order valence-corrected chi connectivity index (χ4v) is 3.67. The van der Waals surface area contributed by atoms with E-state index in [0.29, 0.717) is 24.1 Å². The molecule has 0 N–H and O–H groups in total. The first-order chi connectivity index (χ1) is 11.2. The average molecular weight is 335 g/mol. The van der Waals surface area contributed by atoms with Crippen LogP contribution < -0.4 is 4.74 Å². The lowest BCUT2D eigenvalue weighted by Crippen LogP contribution is -2.36. The van der Waals surface area contributed by atoms with Crippen molar-refractivity contribution in [3.8, 4) is 5.75 Å². The molecule has 1 amide bonds. The van der Waals surface area contributed by atoms with Crippen LogP contribution in [0, 0.1) is 5.82 Å². The lowest BCUT2D eigenvalue weighted by Gasteiger charge is -2.20. The van der Waals surface area contributed by atoms with E-state index in [4.69, 9.17) is 9.15 Å². The van der Waals surface area contributed by atoms with Crippen molar-refractivity contribution in [3.63, 3.8) is 0 Å². The number of halogens is 1. The SMILES string of the molecule is O=C(COc1ccc(F)cc1)N1CCSC(c2ccco2)CC1. The summed E-state index contributed by atoms with van der Waals surface area (Å²) >= 11 is 1.81. The molecule has 1 unspecified atom stereocenters. The van der Waals surface area contributed by atoms with Crippen LogP contribution in [0.3, 0.4) is 0 Å². The van der Waals surface area contributed by atoms with Gasteiger partial charge in [-0.3, -0.25) is 4.79 Å². The van der Waals surface area contributed by atoms with Crippen molar-refractivity contribution in [3.05, 3.63) is 54.2 Å². The van der Waals surface area contributed by atoms with Crippen LogP contribution >= 0.6 is 11.8 Å². The van der Waals surface area contributed by atoms with Crippen LogP contribution in [0.2, 0.25) is 0 Å². The second-order valence-electron chi connectivity index (χ2n) is 5.29. The van der Waals surface area contributed by atoms with Crippen LogP contribution in [-0.2, 0) is 4.79 Å². The Hall–Kier alpha value is -1.95. The molecule has 1 aliphatic rings. The maximum absolute atomic E-state index is 12.8. The van der Waals surface area contributed by atoms with Gasteiger partial charge in [-0.15, -0.1) is 11.8 Å². The molecule has 23 heavy (non-hydrogen) atoms. The zero-order valence-corrected chi connectivity index (χ0v) is 13.4. The number of rotatable bonds is 4. The lowest BCUT2D eigenvalue weighted by atomic mass is 10.2. The van der Waals surface area contributed by atoms with Gasteiger partial charge in [0.05, 0.1) is 11.5 Å². The van der Waals surface area contributed by atoms with Gasteiger partial charge in [0.15, 0.2) is 6.61 Å². The van der Waals surface area contributed by atoms with Crippen molar-refractivity contribution in [2.75, 3.05) is 25.4 Å². The van der Waals surface area contributed by atoms with E-state index in [1.54, 1.807) is 6.26 Å². The molecular formula is C17H18FNO3S. The number of thioether (sulfide) groups is 1. The quantitative estimate of drug-likeness (QED) is 0.858. The summed E-state index contributed by atoms with van der Waals surface area (Å²) in [5, 5.41) is 0.292. The molecule has 2 aromatic rings. The molecule has 6 heteroatoms. The van der Waals surface area contributed by atoms with E-state index in [2.05, 4.69) is 0 Å². The summed E-state index contributed by atoms with van der Waals surface area (Å²) in [5.74, 6) is 1.96. The van der Waals surface area contributed by atoms with Crippen LogP contribution in [0.4, 0.5) is 4.39 Å². The first-order valence-corrected chi connectivity index (χ1v) is 8.58. The summed E-state index contributed by atoms with van der Waals surface area (Å²) in [6.07, 6.45) is 2.54. The number of hydrogen-bond donors (Lipinski definition) is 0. The lowest BCUT2D eigenvalue weighted by molar-refractivity contribution is -0.133. The monoisotopic (exact) mass is 335 g/mol. The first kappa shape index (κ1) is 15.9. The highest BCUT2D eigenvalue weighted by molar-refractivity contribution is 7.99. The fraction of sp³-hybridized carbons (Fsp3) is 0.353. The Morgan fingerprint density at radius 2 is 2.13 bits per heavy atom. The van der Waals surface area contributed by atoms with Gasteiger partial charge in [0.25, 0.3) is 5.91 Å². The zero-order chi connectivity index (χ0) is 16.1. The minimum absolute atomic E-state index is 0.0261. The molecule has 0 aliphatic carbocycles. The van der Waals surface area contributed by atoms with E-state index in [-0.39, 0.29) is 18.3 Å². The second kappa shape index (κ2) is 7.55. The van der Waals surface area contributed by atoms with E-state index in [1.807, 2.05) is 28.8 Å². The Balaban J connectivity index is 1.50. The minimum atomic E-state index is -0.322. The summed E-state index contributed by atoms with van der Waals surface area (Å²) < 4.78 is 23.7. The van der Waals surface area contributed by atoms with E-state index in [9.17, 15) is 9.18 Å². The predicted molar refractivity (Wildman–Crippen MR) is 87.0 cm³/mol. The Morgan fingerprint density at radius 3 is 2.87 bits per heavy atom. The second-order valence-corrected chi connectivity index (χ2v) is 6.60. The molecule has 1 fully saturated rings. The van der Waals surface area contributed by atoms with Crippen molar-refractivity contribution in [2.24, 2.45) is 0 Å². The highest BCUT2D eigenvalue weighted by Crippen LogP contribution is 2.34. The number of amides is 1. The van der Waals surface area contributed by atoms with Gasteiger partial charge in [-0.2, -0.15) is 0 Å². The van der Waals surface area contributed by atoms with E-state index < -0.39 is 0 Å². The number of nitrogens with zero attached hydrogens (tertiary/aromatic N) is 1. The smallest absolute Gasteiger partial charge is 0.260 e. The largest absolute Gasteiger partial charge is 0.484 e. The van der Waals surface area contributed by atoms with E-state index in [1.165, 1.54) is 24.3 Å². The Kier molecular flexibility index (Phi) is 5.23. The number of ether oxygens (including phenoxy) is 1. The molecule has 0 radical (unpaired) electrons. The molecule has 1 saturated heterocycles. The molecule has 4 nitrogen and oxygen atoms in total. The molecule has 2 heterocycles. The van der Waals surface area contributed by atoms with Crippen LogP contribution in [0.5, 0.6) is 5.75 Å². The maximum Gasteiger partial charge on any atom is 0.260 e. The van der Waals surface area contributed by atoms with E-state index in [0.717, 1.165) is 17.9 Å². The summed E-state index contributed by atoms with van der Waals surface area (Å²) in [6, 6.07) is 9.54. The summed E-state index contributed by atoms with van der Waals surface area (Å²) in [5.41, 5.74) is 0. The number of carbonyl (C=O) groups is 1. The number of furan rings is 1. The molecular weight excluding hydrogens is 317 g/mol. The molecule has 0 bridgehead atoms. The molecule has 1 aromatic carbocycles. The van der Waals surface area contributed by atoms with Gasteiger partial charge >= 0.3 is 0 Å². The summed E-state index contributed by atoms with van der Waals surface area (Å²) in [4.78, 5) is 14.1. The molecule has 1 aromatic heterocycles. The van der Waals surface area contributed by atoms with Gasteiger partial charge in [-0.25, -0.2) is 4.39 Å². The molecule has 122 valence electrons. The van der Waals surface area contributed by atoms with Crippen molar-refractivity contribution in [2.45, 2.75) is 11.7 Å².